The molecule has 1 N–H and O–H groups in total. The SMILES string of the molecule is CCCNC1(C#N)CCC(N2CCC(CN(C)C)CC2)C1. The van der Waals surface area contributed by atoms with Gasteiger partial charge in [-0.05, 0) is 78.2 Å². The van der Waals surface area contributed by atoms with Crippen molar-refractivity contribution in [3.8, 4) is 6.07 Å². The molecular weight excluding hydrogens is 260 g/mol. The first kappa shape index (κ1) is 16.7. The summed E-state index contributed by atoms with van der Waals surface area (Å²) in [6, 6.07) is 3.19. The molecule has 0 aromatic rings. The highest BCUT2D eigenvalue weighted by Gasteiger charge is 2.41. The molecule has 1 saturated carbocycles. The van der Waals surface area contributed by atoms with Gasteiger partial charge in [0.05, 0.1) is 6.07 Å². The third-order valence-corrected chi connectivity index (χ3v) is 5.20. The van der Waals surface area contributed by atoms with Gasteiger partial charge in [0, 0.05) is 12.6 Å². The van der Waals surface area contributed by atoms with Crippen molar-refractivity contribution in [3.05, 3.63) is 0 Å². The van der Waals surface area contributed by atoms with Gasteiger partial charge in [-0.1, -0.05) is 6.92 Å². The summed E-state index contributed by atoms with van der Waals surface area (Å²) in [6.07, 6.45) is 6.95. The lowest BCUT2D eigenvalue weighted by Crippen LogP contribution is -2.46. The summed E-state index contributed by atoms with van der Waals surface area (Å²) in [7, 11) is 4.34. The Morgan fingerprint density at radius 1 is 1.29 bits per heavy atom. The van der Waals surface area contributed by atoms with Gasteiger partial charge < -0.3 is 9.80 Å². The van der Waals surface area contributed by atoms with Crippen LogP contribution in [0.2, 0.25) is 0 Å². The molecule has 0 spiro atoms. The van der Waals surface area contributed by atoms with Crippen LogP contribution in [0.3, 0.4) is 0 Å². The summed E-state index contributed by atoms with van der Waals surface area (Å²) >= 11 is 0. The molecule has 0 bridgehead atoms. The van der Waals surface area contributed by atoms with Crippen LogP contribution in [0.15, 0.2) is 0 Å². The molecule has 0 amide bonds. The zero-order chi connectivity index (χ0) is 15.3. The smallest absolute Gasteiger partial charge is 0.108 e. The van der Waals surface area contributed by atoms with E-state index in [1.165, 1.54) is 38.9 Å². The van der Waals surface area contributed by atoms with Gasteiger partial charge >= 0.3 is 0 Å². The fourth-order valence-electron chi connectivity index (χ4n) is 4.01. The molecule has 2 aliphatic rings. The summed E-state index contributed by atoms with van der Waals surface area (Å²) in [5, 5.41) is 13.1. The first-order valence-corrected chi connectivity index (χ1v) is 8.63. The average Bonchev–Trinajstić information content (AvgIpc) is 2.90. The molecule has 120 valence electrons. The molecule has 2 unspecified atom stereocenters. The van der Waals surface area contributed by atoms with E-state index in [0.29, 0.717) is 6.04 Å². The van der Waals surface area contributed by atoms with Crippen molar-refractivity contribution < 1.29 is 0 Å². The number of hydrogen-bond acceptors (Lipinski definition) is 4. The number of likely N-dealkylation sites (tertiary alicyclic amines) is 1. The lowest BCUT2D eigenvalue weighted by atomic mass is 9.94. The topological polar surface area (TPSA) is 42.3 Å². The number of rotatable bonds is 6. The fraction of sp³-hybridized carbons (Fsp3) is 0.941. The van der Waals surface area contributed by atoms with E-state index in [2.05, 4.69) is 42.2 Å². The first-order valence-electron chi connectivity index (χ1n) is 8.63. The van der Waals surface area contributed by atoms with Gasteiger partial charge in [0.2, 0.25) is 0 Å². The van der Waals surface area contributed by atoms with Crippen molar-refractivity contribution in [2.24, 2.45) is 5.92 Å². The number of piperidine rings is 1. The maximum Gasteiger partial charge on any atom is 0.108 e. The van der Waals surface area contributed by atoms with Crippen LogP contribution in [-0.4, -0.2) is 61.7 Å². The minimum Gasteiger partial charge on any atom is -0.309 e. The number of nitriles is 1. The summed E-state index contributed by atoms with van der Waals surface area (Å²) in [4.78, 5) is 4.96. The molecule has 1 aliphatic carbocycles. The normalized spacial score (nSPS) is 31.7. The zero-order valence-corrected chi connectivity index (χ0v) is 14.1. The standard InChI is InChI=1S/C17H32N4/c1-4-9-19-17(14-18)8-5-16(12-17)21-10-6-15(7-11-21)13-20(2)3/h15-16,19H,4-13H2,1-3H3. The fourth-order valence-corrected chi connectivity index (χ4v) is 4.01. The van der Waals surface area contributed by atoms with Crippen LogP contribution in [-0.2, 0) is 0 Å². The van der Waals surface area contributed by atoms with Gasteiger partial charge in [0.25, 0.3) is 0 Å². The van der Waals surface area contributed by atoms with Crippen molar-refractivity contribution in [1.82, 2.24) is 15.1 Å². The van der Waals surface area contributed by atoms with E-state index in [1.807, 2.05) is 0 Å². The zero-order valence-electron chi connectivity index (χ0n) is 14.1. The highest BCUT2D eigenvalue weighted by Crippen LogP contribution is 2.34. The molecule has 2 atom stereocenters. The molecule has 1 aliphatic heterocycles. The second-order valence-electron chi connectivity index (χ2n) is 7.26. The van der Waals surface area contributed by atoms with Gasteiger partial charge in [-0.3, -0.25) is 5.32 Å². The van der Waals surface area contributed by atoms with E-state index in [9.17, 15) is 5.26 Å². The second-order valence-corrected chi connectivity index (χ2v) is 7.26. The van der Waals surface area contributed by atoms with E-state index < -0.39 is 0 Å². The Morgan fingerprint density at radius 3 is 2.57 bits per heavy atom. The van der Waals surface area contributed by atoms with Crippen LogP contribution < -0.4 is 5.32 Å². The van der Waals surface area contributed by atoms with Crippen molar-refractivity contribution in [3.63, 3.8) is 0 Å². The number of hydrogen-bond donors (Lipinski definition) is 1. The van der Waals surface area contributed by atoms with Crippen molar-refractivity contribution in [2.45, 2.75) is 57.0 Å². The Morgan fingerprint density at radius 2 is 2.00 bits per heavy atom. The van der Waals surface area contributed by atoms with Crippen LogP contribution in [0.5, 0.6) is 0 Å². The Kier molecular flexibility index (Phi) is 6.04. The Balaban J connectivity index is 1.81. The van der Waals surface area contributed by atoms with Crippen LogP contribution in [0.1, 0.15) is 45.4 Å². The van der Waals surface area contributed by atoms with E-state index in [-0.39, 0.29) is 5.54 Å². The highest BCUT2D eigenvalue weighted by atomic mass is 15.2. The third kappa shape index (κ3) is 4.42. The van der Waals surface area contributed by atoms with Gasteiger partial charge in [-0.15, -0.1) is 0 Å². The minimum atomic E-state index is -0.249. The first-order chi connectivity index (χ1) is 10.1. The summed E-state index contributed by atoms with van der Waals surface area (Å²) in [5.41, 5.74) is -0.249. The quantitative estimate of drug-likeness (QED) is 0.814. The molecule has 21 heavy (non-hydrogen) atoms. The van der Waals surface area contributed by atoms with Gasteiger partial charge in [0.15, 0.2) is 0 Å². The Hall–Kier alpha value is -0.630. The van der Waals surface area contributed by atoms with Crippen molar-refractivity contribution >= 4 is 0 Å². The maximum absolute atomic E-state index is 9.56. The molecule has 1 saturated heterocycles. The van der Waals surface area contributed by atoms with Gasteiger partial charge in [0.1, 0.15) is 5.54 Å². The molecule has 1 heterocycles. The van der Waals surface area contributed by atoms with Crippen LogP contribution >= 0.6 is 0 Å². The van der Waals surface area contributed by atoms with Crippen LogP contribution in [0, 0.1) is 17.2 Å². The van der Waals surface area contributed by atoms with Gasteiger partial charge in [-0.2, -0.15) is 5.26 Å². The largest absolute Gasteiger partial charge is 0.309 e. The minimum absolute atomic E-state index is 0.249. The van der Waals surface area contributed by atoms with Crippen LogP contribution in [0.4, 0.5) is 0 Å². The number of nitrogens with zero attached hydrogens (tertiary/aromatic N) is 3. The molecule has 0 radical (unpaired) electrons. The van der Waals surface area contributed by atoms with E-state index in [1.54, 1.807) is 0 Å². The molecule has 4 heteroatoms. The Bertz CT molecular complexity index is 354. The molecular formula is C17H32N4. The molecule has 2 fully saturated rings. The van der Waals surface area contributed by atoms with Gasteiger partial charge in [-0.25, -0.2) is 0 Å². The van der Waals surface area contributed by atoms with E-state index in [0.717, 1.165) is 31.7 Å². The van der Waals surface area contributed by atoms with Crippen LogP contribution in [0.25, 0.3) is 0 Å². The predicted octanol–water partition coefficient (Wildman–Crippen LogP) is 2.07. The van der Waals surface area contributed by atoms with E-state index >= 15 is 0 Å². The summed E-state index contributed by atoms with van der Waals surface area (Å²) < 4.78 is 0. The Labute approximate surface area is 130 Å². The van der Waals surface area contributed by atoms with Crippen molar-refractivity contribution in [1.29, 1.82) is 5.26 Å². The van der Waals surface area contributed by atoms with Crippen molar-refractivity contribution in [2.75, 3.05) is 40.3 Å². The maximum atomic E-state index is 9.56. The second kappa shape index (κ2) is 7.58. The lowest BCUT2D eigenvalue weighted by molar-refractivity contribution is 0.119. The number of nitrogens with one attached hydrogen (secondary N) is 1. The molecule has 0 aromatic carbocycles. The summed E-state index contributed by atoms with van der Waals surface area (Å²) in [5.74, 6) is 0.858. The molecule has 2 rings (SSSR count). The molecule has 0 aromatic heterocycles. The van der Waals surface area contributed by atoms with E-state index in [4.69, 9.17) is 0 Å². The molecule has 4 nitrogen and oxygen atoms in total. The third-order valence-electron chi connectivity index (χ3n) is 5.20. The monoisotopic (exact) mass is 292 g/mol. The predicted molar refractivity (Wildman–Crippen MR) is 87.1 cm³/mol. The average molecular weight is 292 g/mol. The summed E-state index contributed by atoms with van der Waals surface area (Å²) in [6.45, 7) is 6.79. The highest BCUT2D eigenvalue weighted by molar-refractivity contribution is 5.13. The lowest BCUT2D eigenvalue weighted by Gasteiger charge is -2.37.